The third kappa shape index (κ3) is 5.03. The zero-order valence-corrected chi connectivity index (χ0v) is 7.75. The minimum absolute atomic E-state index is 0.0122. The van der Waals surface area contributed by atoms with Crippen molar-refractivity contribution in [3.05, 3.63) is 10.1 Å². The maximum Gasteiger partial charge on any atom is 0.259 e. The van der Waals surface area contributed by atoms with E-state index in [9.17, 15) is 10.1 Å². The lowest BCUT2D eigenvalue weighted by atomic mass is 10.4. The van der Waals surface area contributed by atoms with Gasteiger partial charge in [-0.25, -0.2) is 4.90 Å². The summed E-state index contributed by atoms with van der Waals surface area (Å²) in [7, 11) is 0. The van der Waals surface area contributed by atoms with Crippen LogP contribution in [0.3, 0.4) is 0 Å². The molecule has 0 bridgehead atoms. The zero-order chi connectivity index (χ0) is 9.40. The molecule has 0 saturated carbocycles. The van der Waals surface area contributed by atoms with Crippen molar-refractivity contribution in [1.82, 2.24) is 10.2 Å². The van der Waals surface area contributed by atoms with E-state index in [0.717, 1.165) is 26.2 Å². The van der Waals surface area contributed by atoms with Crippen LogP contribution in [-0.2, 0) is 0 Å². The maximum atomic E-state index is 10.0. The zero-order valence-electron chi connectivity index (χ0n) is 7.75. The van der Waals surface area contributed by atoms with Crippen molar-refractivity contribution < 1.29 is 4.92 Å². The smallest absolute Gasteiger partial charge is 0.259 e. The first kappa shape index (κ1) is 11.3. The molecule has 1 aliphatic heterocycles. The summed E-state index contributed by atoms with van der Waals surface area (Å²) in [5.41, 5.74) is 0. The van der Waals surface area contributed by atoms with Crippen molar-refractivity contribution in [2.45, 2.75) is 13.8 Å². The lowest BCUT2D eigenvalue weighted by Crippen LogP contribution is -2.45. The molecule has 0 unspecified atom stereocenters. The molecule has 0 aromatic heterocycles. The quantitative estimate of drug-likeness (QED) is 0.479. The van der Waals surface area contributed by atoms with Gasteiger partial charge in [-0.15, -0.1) is 0 Å². The van der Waals surface area contributed by atoms with Crippen LogP contribution in [-0.4, -0.2) is 42.7 Å². The molecular formula is C7H17N3O2. The molecule has 1 aliphatic rings. The molecule has 0 spiro atoms. The van der Waals surface area contributed by atoms with Crippen LogP contribution in [0.25, 0.3) is 0 Å². The van der Waals surface area contributed by atoms with E-state index in [0.29, 0.717) is 0 Å². The lowest BCUT2D eigenvalue weighted by Gasteiger charge is -2.22. The van der Waals surface area contributed by atoms with Crippen LogP contribution in [0.1, 0.15) is 13.8 Å². The molecule has 1 fully saturated rings. The highest BCUT2D eigenvalue weighted by Gasteiger charge is 2.12. The van der Waals surface area contributed by atoms with Crippen LogP contribution >= 0.6 is 0 Å². The van der Waals surface area contributed by atoms with E-state index in [1.165, 1.54) is 0 Å². The molecule has 0 atom stereocenters. The molecule has 0 amide bonds. The van der Waals surface area contributed by atoms with Gasteiger partial charge in [0.15, 0.2) is 0 Å². The molecule has 0 radical (unpaired) electrons. The fourth-order valence-corrected chi connectivity index (χ4v) is 1.02. The third-order valence-corrected chi connectivity index (χ3v) is 1.53. The first-order valence-corrected chi connectivity index (χ1v) is 4.34. The van der Waals surface area contributed by atoms with Crippen molar-refractivity contribution in [3.8, 4) is 0 Å². The second-order valence-electron chi connectivity index (χ2n) is 2.34. The van der Waals surface area contributed by atoms with E-state index < -0.39 is 0 Å². The van der Waals surface area contributed by atoms with Crippen molar-refractivity contribution in [1.29, 1.82) is 0 Å². The number of nitrogens with one attached hydrogen (secondary N) is 1. The predicted molar refractivity (Wildman–Crippen MR) is 47.7 cm³/mol. The summed E-state index contributed by atoms with van der Waals surface area (Å²) in [6.07, 6.45) is 0. The van der Waals surface area contributed by atoms with Gasteiger partial charge in [-0.3, -0.25) is 10.1 Å². The molecule has 12 heavy (non-hydrogen) atoms. The van der Waals surface area contributed by atoms with Crippen LogP contribution in [0, 0.1) is 10.1 Å². The summed E-state index contributed by atoms with van der Waals surface area (Å²) in [6.45, 7) is 7.31. The molecule has 5 nitrogen and oxygen atoms in total. The number of rotatable bonds is 2. The Balaban J connectivity index is 0.000000561. The highest BCUT2D eigenvalue weighted by atomic mass is 16.6. The molecule has 0 aromatic rings. The van der Waals surface area contributed by atoms with E-state index in [1.807, 2.05) is 18.7 Å². The Labute approximate surface area is 72.9 Å². The third-order valence-electron chi connectivity index (χ3n) is 1.53. The van der Waals surface area contributed by atoms with Crippen LogP contribution in [0.15, 0.2) is 0 Å². The molecular weight excluding hydrogens is 158 g/mol. The Kier molecular flexibility index (Phi) is 6.60. The van der Waals surface area contributed by atoms with Gasteiger partial charge in [0.05, 0.1) is 0 Å². The number of hydrogen-bond donors (Lipinski definition) is 1. The summed E-state index contributed by atoms with van der Waals surface area (Å²) in [5, 5.41) is 13.1. The first-order chi connectivity index (χ1) is 5.79. The summed E-state index contributed by atoms with van der Waals surface area (Å²) >= 11 is 0. The second-order valence-corrected chi connectivity index (χ2v) is 2.34. The van der Waals surface area contributed by atoms with E-state index in [1.54, 1.807) is 0 Å². The van der Waals surface area contributed by atoms with Gasteiger partial charge in [0.25, 0.3) is 6.67 Å². The van der Waals surface area contributed by atoms with Gasteiger partial charge in [0.1, 0.15) is 0 Å². The Bertz CT molecular complexity index is 124. The van der Waals surface area contributed by atoms with Crippen molar-refractivity contribution in [2.24, 2.45) is 0 Å². The summed E-state index contributed by atoms with van der Waals surface area (Å²) in [6, 6.07) is 0. The SMILES string of the molecule is CC.O=[N+]([O-])CN1CCNCC1. The second kappa shape index (κ2) is 7.00. The normalized spacial score (nSPS) is 17.8. The molecule has 1 saturated heterocycles. The highest BCUT2D eigenvalue weighted by Crippen LogP contribution is 1.90. The van der Waals surface area contributed by atoms with Gasteiger partial charge in [0.2, 0.25) is 0 Å². The monoisotopic (exact) mass is 175 g/mol. The minimum Gasteiger partial charge on any atom is -0.314 e. The topological polar surface area (TPSA) is 58.4 Å². The Hall–Kier alpha value is -0.680. The number of hydrogen-bond acceptors (Lipinski definition) is 4. The van der Waals surface area contributed by atoms with Crippen molar-refractivity contribution in [3.63, 3.8) is 0 Å². The van der Waals surface area contributed by atoms with Crippen molar-refractivity contribution >= 4 is 0 Å². The van der Waals surface area contributed by atoms with Crippen LogP contribution < -0.4 is 5.32 Å². The van der Waals surface area contributed by atoms with E-state index in [4.69, 9.17) is 0 Å². The fraction of sp³-hybridized carbons (Fsp3) is 1.00. The van der Waals surface area contributed by atoms with E-state index >= 15 is 0 Å². The highest BCUT2D eigenvalue weighted by molar-refractivity contribution is 4.63. The van der Waals surface area contributed by atoms with Crippen LogP contribution in [0.4, 0.5) is 0 Å². The Morgan fingerprint density at radius 3 is 2.33 bits per heavy atom. The minimum atomic E-state index is -0.286. The Morgan fingerprint density at radius 2 is 1.92 bits per heavy atom. The molecule has 0 aliphatic carbocycles. The van der Waals surface area contributed by atoms with Gasteiger partial charge >= 0.3 is 0 Å². The largest absolute Gasteiger partial charge is 0.314 e. The summed E-state index contributed by atoms with van der Waals surface area (Å²) in [5.74, 6) is 0. The molecule has 5 heteroatoms. The summed E-state index contributed by atoms with van der Waals surface area (Å²) < 4.78 is 0. The molecule has 0 aromatic carbocycles. The first-order valence-electron chi connectivity index (χ1n) is 4.34. The van der Waals surface area contributed by atoms with Crippen LogP contribution in [0.5, 0.6) is 0 Å². The van der Waals surface area contributed by atoms with Gasteiger partial charge < -0.3 is 5.32 Å². The van der Waals surface area contributed by atoms with Crippen molar-refractivity contribution in [2.75, 3.05) is 32.8 Å². The van der Waals surface area contributed by atoms with E-state index in [2.05, 4.69) is 5.32 Å². The Morgan fingerprint density at radius 1 is 1.42 bits per heavy atom. The maximum absolute atomic E-state index is 10.0. The lowest BCUT2D eigenvalue weighted by molar-refractivity contribution is -0.504. The molecule has 1 rings (SSSR count). The fourth-order valence-electron chi connectivity index (χ4n) is 1.02. The molecule has 72 valence electrons. The molecule has 1 heterocycles. The average molecular weight is 175 g/mol. The number of nitrogens with zero attached hydrogens (tertiary/aromatic N) is 2. The van der Waals surface area contributed by atoms with Gasteiger partial charge in [-0.05, 0) is 0 Å². The van der Waals surface area contributed by atoms with Gasteiger partial charge in [-0.1, -0.05) is 13.8 Å². The van der Waals surface area contributed by atoms with E-state index in [-0.39, 0.29) is 11.6 Å². The molecule has 1 N–H and O–H groups in total. The van der Waals surface area contributed by atoms with Crippen LogP contribution in [0.2, 0.25) is 0 Å². The van der Waals surface area contributed by atoms with Gasteiger partial charge in [0, 0.05) is 31.1 Å². The standard InChI is InChI=1S/C5H11N3O2.C2H6/c9-8(10)5-7-3-1-6-2-4-7;1-2/h6H,1-5H2;1-2H3. The van der Waals surface area contributed by atoms with Gasteiger partial charge in [-0.2, -0.15) is 0 Å². The predicted octanol–water partition coefficient (Wildman–Crippen LogP) is 0.152. The average Bonchev–Trinajstić information content (AvgIpc) is 2.08. The number of piperazine rings is 1. The number of nitro groups is 1. The summed E-state index contributed by atoms with van der Waals surface area (Å²) in [4.78, 5) is 11.6.